The van der Waals surface area contributed by atoms with E-state index in [1.807, 2.05) is 19.1 Å². The average Bonchev–Trinajstić information content (AvgIpc) is 3.53. The lowest BCUT2D eigenvalue weighted by Gasteiger charge is -2.30. The Morgan fingerprint density at radius 2 is 1.66 bits per heavy atom. The van der Waals surface area contributed by atoms with E-state index in [1.165, 1.54) is 4.31 Å². The highest BCUT2D eigenvalue weighted by Gasteiger charge is 2.34. The number of likely N-dealkylation sites (tertiary alicyclic amines) is 1. The van der Waals surface area contributed by atoms with Crippen LogP contribution >= 0.6 is 0 Å². The number of carbonyl (C=O) groups is 1. The monoisotopic (exact) mass is 499 g/mol. The summed E-state index contributed by atoms with van der Waals surface area (Å²) < 4.78 is 38.6. The minimum atomic E-state index is -3.47. The third-order valence-electron chi connectivity index (χ3n) is 7.15. The first-order chi connectivity index (χ1) is 16.9. The minimum Gasteiger partial charge on any atom is -0.490 e. The van der Waals surface area contributed by atoms with E-state index >= 15 is 0 Å². The Labute approximate surface area is 207 Å². The van der Waals surface area contributed by atoms with Crippen molar-refractivity contribution in [1.82, 2.24) is 9.21 Å². The first kappa shape index (κ1) is 24.1. The summed E-state index contributed by atoms with van der Waals surface area (Å²) in [5.41, 5.74) is 1.72. The molecule has 2 atom stereocenters. The smallest absolute Gasteiger partial charge is 0.243 e. The molecule has 2 saturated heterocycles. The van der Waals surface area contributed by atoms with Crippen LogP contribution in [0.25, 0.3) is 0 Å². The van der Waals surface area contributed by atoms with E-state index in [0.717, 1.165) is 55.7 Å². The summed E-state index contributed by atoms with van der Waals surface area (Å²) in [4.78, 5) is 15.6. The Morgan fingerprint density at radius 1 is 0.943 bits per heavy atom. The molecule has 3 aliphatic rings. The van der Waals surface area contributed by atoms with E-state index in [4.69, 9.17) is 9.47 Å². The molecule has 188 valence electrons. The molecule has 0 spiro atoms. The number of nitrogens with zero attached hydrogens (tertiary/aromatic N) is 2. The molecule has 3 aliphatic heterocycles. The fraction of sp³-hybridized carbons (Fsp3) is 0.500. The summed E-state index contributed by atoms with van der Waals surface area (Å²) in [6.07, 6.45) is 4.64. The minimum absolute atomic E-state index is 0.110. The molecular formula is C26H33N3O5S. The van der Waals surface area contributed by atoms with Crippen LogP contribution in [0.15, 0.2) is 47.4 Å². The summed E-state index contributed by atoms with van der Waals surface area (Å²) in [5.74, 6) is 1.44. The van der Waals surface area contributed by atoms with E-state index in [-0.39, 0.29) is 22.9 Å². The second kappa shape index (κ2) is 10.2. The van der Waals surface area contributed by atoms with Crippen LogP contribution in [-0.2, 0) is 14.8 Å². The number of hydrogen-bond acceptors (Lipinski definition) is 6. The van der Waals surface area contributed by atoms with Crippen LogP contribution in [-0.4, -0.2) is 62.4 Å². The number of sulfonamides is 1. The average molecular weight is 500 g/mol. The molecule has 0 radical (unpaired) electrons. The number of hydrogen-bond donors (Lipinski definition) is 1. The summed E-state index contributed by atoms with van der Waals surface area (Å²) in [7, 11) is -3.47. The molecule has 5 rings (SSSR count). The number of nitrogens with one attached hydrogen (secondary N) is 1. The molecule has 0 unspecified atom stereocenters. The van der Waals surface area contributed by atoms with Gasteiger partial charge in [0.25, 0.3) is 0 Å². The van der Waals surface area contributed by atoms with Gasteiger partial charge in [-0.15, -0.1) is 0 Å². The zero-order valence-electron chi connectivity index (χ0n) is 20.1. The second-order valence-electron chi connectivity index (χ2n) is 9.45. The number of fused-ring (bicyclic) bond motifs is 1. The molecular weight excluding hydrogens is 466 g/mol. The van der Waals surface area contributed by atoms with Crippen molar-refractivity contribution in [1.29, 1.82) is 0 Å². The second-order valence-corrected chi connectivity index (χ2v) is 11.4. The molecule has 0 saturated carbocycles. The maximum atomic E-state index is 13.1. The Hall–Kier alpha value is -2.62. The van der Waals surface area contributed by atoms with Gasteiger partial charge in [0.2, 0.25) is 15.9 Å². The highest BCUT2D eigenvalue weighted by atomic mass is 32.2. The lowest BCUT2D eigenvalue weighted by molar-refractivity contribution is -0.121. The van der Waals surface area contributed by atoms with Gasteiger partial charge >= 0.3 is 0 Å². The van der Waals surface area contributed by atoms with Crippen molar-refractivity contribution in [3.05, 3.63) is 48.0 Å². The Morgan fingerprint density at radius 3 is 2.40 bits per heavy atom. The Bertz CT molecular complexity index is 1160. The van der Waals surface area contributed by atoms with Gasteiger partial charge in [0.15, 0.2) is 11.5 Å². The van der Waals surface area contributed by atoms with Crippen molar-refractivity contribution in [2.45, 2.75) is 56.0 Å². The number of rotatable bonds is 6. The number of benzene rings is 2. The van der Waals surface area contributed by atoms with Crippen LogP contribution < -0.4 is 14.8 Å². The lowest BCUT2D eigenvalue weighted by Crippen LogP contribution is -2.41. The number of ether oxygens (including phenoxy) is 2. The molecule has 1 amide bonds. The van der Waals surface area contributed by atoms with Gasteiger partial charge in [-0.1, -0.05) is 6.07 Å². The van der Waals surface area contributed by atoms with E-state index in [0.29, 0.717) is 32.0 Å². The van der Waals surface area contributed by atoms with Crippen molar-refractivity contribution in [2.75, 3.05) is 38.2 Å². The first-order valence-corrected chi connectivity index (χ1v) is 13.9. The van der Waals surface area contributed by atoms with Crippen LogP contribution in [0, 0.1) is 0 Å². The number of carbonyl (C=O) groups excluding carboxylic acids is 1. The van der Waals surface area contributed by atoms with Crippen LogP contribution in [0.2, 0.25) is 0 Å². The SMILES string of the molecule is C[C@@H](C(=O)Nc1ccc(S(=O)(=O)N2CCCC2)cc1)N1CCC[C@@H]1c1ccc2c(c1)OCCCO2. The van der Waals surface area contributed by atoms with Crippen LogP contribution in [0.5, 0.6) is 11.5 Å². The molecule has 0 aliphatic carbocycles. The van der Waals surface area contributed by atoms with Crippen molar-refractivity contribution in [2.24, 2.45) is 0 Å². The third kappa shape index (κ3) is 5.03. The Kier molecular flexibility index (Phi) is 7.00. The largest absolute Gasteiger partial charge is 0.490 e. The van der Waals surface area contributed by atoms with Gasteiger partial charge in [0, 0.05) is 31.2 Å². The van der Waals surface area contributed by atoms with E-state index < -0.39 is 10.0 Å². The van der Waals surface area contributed by atoms with Crippen LogP contribution in [0.1, 0.15) is 50.6 Å². The molecule has 2 aromatic carbocycles. The Balaban J connectivity index is 1.25. The molecule has 2 aromatic rings. The normalized spacial score (nSPS) is 22.0. The highest BCUT2D eigenvalue weighted by Crippen LogP contribution is 2.39. The molecule has 3 heterocycles. The van der Waals surface area contributed by atoms with Crippen LogP contribution in [0.4, 0.5) is 5.69 Å². The van der Waals surface area contributed by atoms with Gasteiger partial charge in [-0.3, -0.25) is 9.69 Å². The number of anilines is 1. The molecule has 0 aromatic heterocycles. The first-order valence-electron chi connectivity index (χ1n) is 12.5. The molecule has 2 fully saturated rings. The van der Waals surface area contributed by atoms with E-state index in [9.17, 15) is 13.2 Å². The maximum Gasteiger partial charge on any atom is 0.243 e. The summed E-state index contributed by atoms with van der Waals surface area (Å²) in [6, 6.07) is 12.3. The van der Waals surface area contributed by atoms with Gasteiger partial charge in [0.1, 0.15) is 0 Å². The highest BCUT2D eigenvalue weighted by molar-refractivity contribution is 7.89. The van der Waals surface area contributed by atoms with Crippen molar-refractivity contribution < 1.29 is 22.7 Å². The van der Waals surface area contributed by atoms with Gasteiger partial charge in [-0.25, -0.2) is 8.42 Å². The quantitative estimate of drug-likeness (QED) is 0.651. The standard InChI is InChI=1S/C26H33N3O5S/c1-19(26(30)27-21-8-10-22(11-9-21)35(31,32)28-13-2-3-14-28)29-15-4-6-23(29)20-7-12-24-25(18-20)34-17-5-16-33-24/h7-12,18-19,23H,2-6,13-17H2,1H3,(H,27,30)/t19-,23+/m0/s1. The molecule has 9 heteroatoms. The fourth-order valence-electron chi connectivity index (χ4n) is 5.18. The lowest BCUT2D eigenvalue weighted by atomic mass is 10.0. The predicted octanol–water partition coefficient (Wildman–Crippen LogP) is 3.80. The summed E-state index contributed by atoms with van der Waals surface area (Å²) in [5, 5.41) is 2.96. The van der Waals surface area contributed by atoms with E-state index in [1.54, 1.807) is 24.3 Å². The zero-order valence-corrected chi connectivity index (χ0v) is 20.9. The predicted molar refractivity (Wildman–Crippen MR) is 133 cm³/mol. The van der Waals surface area contributed by atoms with E-state index in [2.05, 4.69) is 16.3 Å². The number of amides is 1. The topological polar surface area (TPSA) is 88.2 Å². The van der Waals surface area contributed by atoms with Gasteiger partial charge in [0.05, 0.1) is 24.2 Å². The van der Waals surface area contributed by atoms with Crippen molar-refractivity contribution >= 4 is 21.6 Å². The third-order valence-corrected chi connectivity index (χ3v) is 9.06. The molecule has 35 heavy (non-hydrogen) atoms. The van der Waals surface area contributed by atoms with Crippen molar-refractivity contribution in [3.63, 3.8) is 0 Å². The molecule has 1 N–H and O–H groups in total. The fourth-order valence-corrected chi connectivity index (χ4v) is 6.70. The van der Waals surface area contributed by atoms with Crippen molar-refractivity contribution in [3.8, 4) is 11.5 Å². The summed E-state index contributed by atoms with van der Waals surface area (Å²) in [6.45, 7) is 5.19. The summed E-state index contributed by atoms with van der Waals surface area (Å²) >= 11 is 0. The molecule has 0 bridgehead atoms. The van der Waals surface area contributed by atoms with Gasteiger partial charge < -0.3 is 14.8 Å². The van der Waals surface area contributed by atoms with Crippen LogP contribution in [0.3, 0.4) is 0 Å². The zero-order chi connectivity index (χ0) is 24.4. The van der Waals surface area contributed by atoms with Gasteiger partial charge in [-0.2, -0.15) is 4.31 Å². The maximum absolute atomic E-state index is 13.1. The van der Waals surface area contributed by atoms with Gasteiger partial charge in [-0.05, 0) is 81.1 Å². The molecule has 8 nitrogen and oxygen atoms in total.